The van der Waals surface area contributed by atoms with E-state index in [4.69, 9.17) is 23.8 Å². The highest BCUT2D eigenvalue weighted by molar-refractivity contribution is 7.26. The Morgan fingerprint density at radius 3 is 1.68 bits per heavy atom. The lowest BCUT2D eigenvalue weighted by molar-refractivity contribution is 0.669. The van der Waals surface area contributed by atoms with Crippen LogP contribution < -0.4 is 0 Å². The number of hydrogen-bond donors (Lipinski definition) is 0. The van der Waals surface area contributed by atoms with Gasteiger partial charge >= 0.3 is 0 Å². The number of fused-ring (bicyclic) bond motifs is 9. The van der Waals surface area contributed by atoms with Crippen LogP contribution in [0.25, 0.3) is 120 Å². The third-order valence-corrected chi connectivity index (χ3v) is 12.2. The molecule has 0 unspecified atom stereocenters. The Morgan fingerprint density at radius 2 is 0.930 bits per heavy atom. The third kappa shape index (κ3) is 5.04. The Labute approximate surface area is 330 Å². The average Bonchev–Trinajstić information content (AvgIpc) is 3.98. The Morgan fingerprint density at radius 1 is 0.351 bits per heavy atom. The highest BCUT2D eigenvalue weighted by Gasteiger charge is 2.22. The van der Waals surface area contributed by atoms with Gasteiger partial charge in [0.1, 0.15) is 22.3 Å². The Balaban J connectivity index is 1.10. The second-order valence-electron chi connectivity index (χ2n) is 14.3. The molecule has 8 aromatic carbocycles. The van der Waals surface area contributed by atoms with Crippen molar-refractivity contribution >= 4 is 75.4 Å². The van der Waals surface area contributed by atoms with E-state index < -0.39 is 0 Å². The van der Waals surface area contributed by atoms with E-state index in [1.165, 1.54) is 10.1 Å². The number of thiophene rings is 1. The van der Waals surface area contributed by atoms with Gasteiger partial charge < -0.3 is 8.83 Å². The lowest BCUT2D eigenvalue weighted by Crippen LogP contribution is -2.00. The highest BCUT2D eigenvalue weighted by atomic mass is 32.1. The third-order valence-electron chi connectivity index (χ3n) is 10.9. The van der Waals surface area contributed by atoms with Crippen LogP contribution in [-0.2, 0) is 0 Å². The molecule has 0 bridgehead atoms. The summed E-state index contributed by atoms with van der Waals surface area (Å²) in [4.78, 5) is 15.2. The van der Waals surface area contributed by atoms with E-state index in [9.17, 15) is 0 Å². The molecule has 0 aliphatic rings. The summed E-state index contributed by atoms with van der Waals surface area (Å²) in [6.45, 7) is 0. The summed E-state index contributed by atoms with van der Waals surface area (Å²) < 4.78 is 15.6. The smallest absolute Gasteiger partial charge is 0.165 e. The van der Waals surface area contributed by atoms with Gasteiger partial charge in [-0.15, -0.1) is 11.3 Å². The SMILES string of the molecule is c1ccc(-c2nc(-c3ccccc3)nc(-c3cccc4c3sc3cccc(-c5cc(-c6cccc7c6oc6ccccc67)c6c(c5)oc5ccccc56)c34)n2)cc1. The summed E-state index contributed by atoms with van der Waals surface area (Å²) in [6, 6.07) is 60.8. The summed E-state index contributed by atoms with van der Waals surface area (Å²) in [5, 5.41) is 6.68. The lowest BCUT2D eigenvalue weighted by atomic mass is 9.92. The number of rotatable bonds is 5. The van der Waals surface area contributed by atoms with Crippen LogP contribution in [0.15, 0.2) is 185 Å². The Hall–Kier alpha value is -7.41. The van der Waals surface area contributed by atoms with Gasteiger partial charge in [-0.25, -0.2) is 15.0 Å². The van der Waals surface area contributed by atoms with E-state index in [0.717, 1.165) is 92.9 Å². The summed E-state index contributed by atoms with van der Waals surface area (Å²) in [5.41, 5.74) is 10.6. The first-order chi connectivity index (χ1) is 28.2. The van der Waals surface area contributed by atoms with Crippen molar-refractivity contribution in [1.29, 1.82) is 0 Å². The monoisotopic (exact) mass is 747 g/mol. The molecule has 266 valence electrons. The molecule has 0 spiro atoms. The minimum absolute atomic E-state index is 0.643. The van der Waals surface area contributed by atoms with Gasteiger partial charge in [0, 0.05) is 64.0 Å². The van der Waals surface area contributed by atoms with Gasteiger partial charge in [0.05, 0.1) is 0 Å². The lowest BCUT2D eigenvalue weighted by Gasteiger charge is -2.11. The number of furan rings is 2. The molecule has 12 rings (SSSR count). The van der Waals surface area contributed by atoms with Crippen LogP contribution in [0.5, 0.6) is 0 Å². The van der Waals surface area contributed by atoms with Crippen molar-refractivity contribution < 1.29 is 8.83 Å². The molecule has 0 atom stereocenters. The maximum absolute atomic E-state index is 6.65. The van der Waals surface area contributed by atoms with E-state index in [0.29, 0.717) is 17.5 Å². The zero-order chi connectivity index (χ0) is 37.5. The molecule has 0 fully saturated rings. The van der Waals surface area contributed by atoms with Gasteiger partial charge in [-0.1, -0.05) is 140 Å². The van der Waals surface area contributed by atoms with Crippen molar-refractivity contribution in [3.05, 3.63) is 176 Å². The molecule has 0 saturated carbocycles. The minimum atomic E-state index is 0.643. The minimum Gasteiger partial charge on any atom is -0.456 e. The summed E-state index contributed by atoms with van der Waals surface area (Å²) in [7, 11) is 0. The molecule has 4 aromatic heterocycles. The first-order valence-corrected chi connectivity index (χ1v) is 19.7. The van der Waals surface area contributed by atoms with Crippen LogP contribution in [0, 0.1) is 0 Å². The molecule has 0 amide bonds. The van der Waals surface area contributed by atoms with Crippen LogP contribution in [0.3, 0.4) is 0 Å². The molecular weight excluding hydrogens is 719 g/mol. The number of nitrogens with zero attached hydrogens (tertiary/aromatic N) is 3. The fourth-order valence-corrected chi connectivity index (χ4v) is 9.61. The van der Waals surface area contributed by atoms with E-state index in [1.807, 2.05) is 84.9 Å². The maximum Gasteiger partial charge on any atom is 0.165 e. The first kappa shape index (κ1) is 31.9. The fourth-order valence-electron chi connectivity index (χ4n) is 8.38. The van der Waals surface area contributed by atoms with Crippen molar-refractivity contribution in [1.82, 2.24) is 15.0 Å². The van der Waals surface area contributed by atoms with Crippen molar-refractivity contribution in [2.45, 2.75) is 0 Å². The van der Waals surface area contributed by atoms with Crippen molar-refractivity contribution in [3.63, 3.8) is 0 Å². The molecule has 5 nitrogen and oxygen atoms in total. The summed E-state index contributed by atoms with van der Waals surface area (Å²) >= 11 is 1.77. The maximum atomic E-state index is 6.65. The number of aromatic nitrogens is 3. The fraction of sp³-hybridized carbons (Fsp3) is 0. The molecule has 0 radical (unpaired) electrons. The van der Waals surface area contributed by atoms with Crippen LogP contribution >= 0.6 is 11.3 Å². The van der Waals surface area contributed by atoms with E-state index in [1.54, 1.807) is 11.3 Å². The van der Waals surface area contributed by atoms with Crippen LogP contribution in [0.2, 0.25) is 0 Å². The second-order valence-corrected chi connectivity index (χ2v) is 15.3. The van der Waals surface area contributed by atoms with Gasteiger partial charge in [-0.3, -0.25) is 0 Å². The molecular formula is C51H29N3O2S. The zero-order valence-corrected chi connectivity index (χ0v) is 31.1. The predicted octanol–water partition coefficient (Wildman–Crippen LogP) is 14.4. The topological polar surface area (TPSA) is 65.0 Å². The molecule has 57 heavy (non-hydrogen) atoms. The van der Waals surface area contributed by atoms with E-state index in [2.05, 4.69) is 91.0 Å². The van der Waals surface area contributed by atoms with Crippen LogP contribution in [0.1, 0.15) is 0 Å². The van der Waals surface area contributed by atoms with Gasteiger partial charge in [0.15, 0.2) is 17.5 Å². The molecule has 6 heteroatoms. The molecule has 0 aliphatic carbocycles. The van der Waals surface area contributed by atoms with Crippen molar-refractivity contribution in [2.24, 2.45) is 0 Å². The van der Waals surface area contributed by atoms with E-state index >= 15 is 0 Å². The largest absolute Gasteiger partial charge is 0.456 e. The quantitative estimate of drug-likeness (QED) is 0.175. The predicted molar refractivity (Wildman–Crippen MR) is 234 cm³/mol. The van der Waals surface area contributed by atoms with Crippen LogP contribution in [-0.4, -0.2) is 15.0 Å². The highest BCUT2D eigenvalue weighted by Crippen LogP contribution is 2.47. The molecule has 0 N–H and O–H groups in total. The average molecular weight is 748 g/mol. The Bertz CT molecular complexity index is 3470. The summed E-state index contributed by atoms with van der Waals surface area (Å²) in [6.07, 6.45) is 0. The number of para-hydroxylation sites is 3. The number of hydrogen-bond acceptors (Lipinski definition) is 6. The first-order valence-electron chi connectivity index (χ1n) is 18.9. The van der Waals surface area contributed by atoms with Crippen LogP contribution in [0.4, 0.5) is 0 Å². The van der Waals surface area contributed by atoms with Gasteiger partial charge in [0.2, 0.25) is 0 Å². The van der Waals surface area contributed by atoms with Crippen molar-refractivity contribution in [2.75, 3.05) is 0 Å². The molecule has 0 saturated heterocycles. The van der Waals surface area contributed by atoms with Crippen molar-refractivity contribution in [3.8, 4) is 56.4 Å². The standard InChI is InChI=1S/C51H29N3O2S/c1-3-14-30(15-4-1)49-52-50(31-16-5-2-6-17-31)54-51(53-49)39-24-12-23-38-46-33(20-13-27-44(46)57-48(38)39)32-28-40(45-37-19-8-10-26-42(37)55-43(45)29-32)36-22-11-21-35-34-18-7-9-25-41(34)56-47(35)36/h1-29H. The normalized spacial score (nSPS) is 11.9. The summed E-state index contributed by atoms with van der Waals surface area (Å²) in [5.74, 6) is 1.93. The molecule has 0 aliphatic heterocycles. The zero-order valence-electron chi connectivity index (χ0n) is 30.3. The van der Waals surface area contributed by atoms with Gasteiger partial charge in [-0.2, -0.15) is 0 Å². The van der Waals surface area contributed by atoms with Gasteiger partial charge in [0.25, 0.3) is 0 Å². The molecule has 12 aromatic rings. The number of benzene rings is 8. The Kier molecular flexibility index (Phi) is 7.03. The molecule has 4 heterocycles. The van der Waals surface area contributed by atoms with Gasteiger partial charge in [-0.05, 0) is 53.1 Å². The second kappa shape index (κ2) is 12.6. The van der Waals surface area contributed by atoms with E-state index in [-0.39, 0.29) is 0 Å².